The number of benzene rings is 1. The second kappa shape index (κ2) is 7.32. The molecule has 11 heteroatoms. The topological polar surface area (TPSA) is 166 Å². The minimum atomic E-state index is -4.66. The van der Waals surface area contributed by atoms with Crippen molar-refractivity contribution in [1.29, 1.82) is 0 Å². The van der Waals surface area contributed by atoms with Gasteiger partial charge in [0.1, 0.15) is 11.1 Å². The maximum absolute atomic E-state index is 12.1. The lowest BCUT2D eigenvalue weighted by Crippen LogP contribution is -2.38. The molecule has 9 N–H and O–H groups in total. The molecule has 0 radical (unpaired) electrons. The number of rotatable bonds is 2. The Morgan fingerprint density at radius 3 is 2.46 bits per heavy atom. The number of carbonyl (C=O) groups excluding carboxylic acids is 1. The minimum Gasteiger partial charge on any atom is -0.404 e. The molecule has 1 aliphatic carbocycles. The summed E-state index contributed by atoms with van der Waals surface area (Å²) in [6, 6.07) is 4.62. The molecule has 2 aliphatic rings. The van der Waals surface area contributed by atoms with Gasteiger partial charge in [0.2, 0.25) is 0 Å². The molecule has 1 aromatic rings. The molecule has 0 bridgehead atoms. The Morgan fingerprint density at radius 2 is 1.88 bits per heavy atom. The molecule has 1 atom stereocenters. The summed E-state index contributed by atoms with van der Waals surface area (Å²) in [6.45, 7) is 3.75. The van der Waals surface area contributed by atoms with E-state index >= 15 is 0 Å². The van der Waals surface area contributed by atoms with Crippen molar-refractivity contribution in [3.05, 3.63) is 46.1 Å². The van der Waals surface area contributed by atoms with E-state index in [2.05, 4.69) is 9.84 Å². The Kier molecular flexibility index (Phi) is 6.38. The van der Waals surface area contributed by atoms with Crippen molar-refractivity contribution < 1.29 is 23.7 Å². The van der Waals surface area contributed by atoms with Crippen LogP contribution >= 0.6 is 31.0 Å². The summed E-state index contributed by atoms with van der Waals surface area (Å²) in [5.41, 5.74) is 2.06. The highest BCUT2D eigenvalue weighted by molar-refractivity contribution is 7.46. The zero-order valence-corrected chi connectivity index (χ0v) is 16.5. The normalized spacial score (nSPS) is 20.6. The van der Waals surface area contributed by atoms with Crippen LogP contribution in [-0.2, 0) is 14.8 Å². The van der Waals surface area contributed by atoms with Gasteiger partial charge in [0.05, 0.1) is 5.03 Å². The molecule has 0 saturated heterocycles. The van der Waals surface area contributed by atoms with Gasteiger partial charge in [-0.15, -0.1) is 11.6 Å². The fraction of sp³-hybridized carbons (Fsp3) is 0.267. The van der Waals surface area contributed by atoms with E-state index in [1.807, 2.05) is 13.8 Å². The smallest absolute Gasteiger partial charge is 0.404 e. The van der Waals surface area contributed by atoms with Gasteiger partial charge in [-0.05, 0) is 35.4 Å². The zero-order chi connectivity index (χ0) is 17.9. The Balaban J connectivity index is 0.00000169. The second-order valence-corrected chi connectivity index (χ2v) is 8.09. The highest BCUT2D eigenvalue weighted by Gasteiger charge is 2.43. The summed E-state index contributed by atoms with van der Waals surface area (Å²) in [5, 5.41) is 2.30. The molecule has 0 aromatic heterocycles. The van der Waals surface area contributed by atoms with Crippen LogP contribution in [0.3, 0.4) is 0 Å². The number of carbonyl (C=O) groups is 1. The van der Waals surface area contributed by atoms with E-state index in [-0.39, 0.29) is 28.9 Å². The monoisotopic (exact) mass is 423 g/mol. The molecule has 0 saturated carbocycles. The third-order valence-corrected chi connectivity index (χ3v) is 5.27. The van der Waals surface area contributed by atoms with E-state index in [0.717, 1.165) is 5.69 Å². The predicted molar refractivity (Wildman–Crippen MR) is 101 cm³/mol. The van der Waals surface area contributed by atoms with Gasteiger partial charge in [-0.25, -0.2) is 4.57 Å². The van der Waals surface area contributed by atoms with E-state index in [1.54, 1.807) is 12.1 Å². The summed E-state index contributed by atoms with van der Waals surface area (Å²) in [4.78, 5) is 30.1. The van der Waals surface area contributed by atoms with Crippen LogP contribution in [0.1, 0.15) is 19.4 Å². The number of phosphoric acid groups is 1. The lowest BCUT2D eigenvalue weighted by molar-refractivity contribution is -0.114. The van der Waals surface area contributed by atoms with Crippen LogP contribution < -0.4 is 22.1 Å². The lowest BCUT2D eigenvalue weighted by Gasteiger charge is -2.40. The van der Waals surface area contributed by atoms with E-state index < -0.39 is 18.6 Å². The average molecular weight is 424 g/mol. The maximum atomic E-state index is 12.1. The standard InChI is InChI=1S/C15H14Cl2NO5P.2H3N/c1-15(2)8-5-7(23-24(20,21)22)3-4-10(8)18-11-6-9(16)14(19)13(17)12(11)15;;/h3-6,13,18H,1-2H3,(H2,20,21,22);2*1H3. The van der Waals surface area contributed by atoms with Crippen molar-refractivity contribution >= 4 is 42.5 Å². The minimum absolute atomic E-state index is 0. The molecule has 1 aliphatic heterocycles. The average Bonchev–Trinajstić information content (AvgIpc) is 2.43. The molecular weight excluding hydrogens is 404 g/mol. The second-order valence-electron chi connectivity index (χ2n) is 6.09. The molecule has 1 aromatic carbocycles. The fourth-order valence-electron chi connectivity index (χ4n) is 3.05. The van der Waals surface area contributed by atoms with Crippen LogP contribution in [0.15, 0.2) is 40.6 Å². The molecule has 144 valence electrons. The lowest BCUT2D eigenvalue weighted by atomic mass is 9.70. The fourth-order valence-corrected chi connectivity index (χ4v) is 4.23. The number of ketones is 1. The van der Waals surface area contributed by atoms with Crippen molar-refractivity contribution in [2.75, 3.05) is 5.32 Å². The number of alkyl halides is 1. The van der Waals surface area contributed by atoms with Crippen molar-refractivity contribution in [3.63, 3.8) is 0 Å². The number of halogens is 2. The Morgan fingerprint density at radius 1 is 1.27 bits per heavy atom. The van der Waals surface area contributed by atoms with E-state index in [0.29, 0.717) is 16.8 Å². The highest BCUT2D eigenvalue weighted by Crippen LogP contribution is 2.49. The van der Waals surface area contributed by atoms with Crippen LogP contribution in [0.2, 0.25) is 0 Å². The summed E-state index contributed by atoms with van der Waals surface area (Å²) in [6.07, 6.45) is 1.54. The Labute approximate surface area is 160 Å². The van der Waals surface area contributed by atoms with Crippen LogP contribution in [0.4, 0.5) is 5.69 Å². The van der Waals surface area contributed by atoms with Crippen LogP contribution in [0.5, 0.6) is 5.75 Å². The number of hydrogen-bond donors (Lipinski definition) is 5. The molecule has 8 nitrogen and oxygen atoms in total. The number of Topliss-reactive ketones (excluding diaryl/α,β-unsaturated/α-hetero) is 1. The first kappa shape index (κ1) is 22.7. The maximum Gasteiger partial charge on any atom is 0.524 e. The largest absolute Gasteiger partial charge is 0.524 e. The zero-order valence-electron chi connectivity index (χ0n) is 14.1. The first-order valence-corrected chi connectivity index (χ1v) is 9.32. The van der Waals surface area contributed by atoms with E-state index in [4.69, 9.17) is 33.0 Å². The van der Waals surface area contributed by atoms with E-state index in [9.17, 15) is 9.36 Å². The summed E-state index contributed by atoms with van der Waals surface area (Å²) in [5.74, 6) is -0.346. The van der Waals surface area contributed by atoms with Gasteiger partial charge in [0.25, 0.3) is 0 Å². The van der Waals surface area contributed by atoms with Gasteiger partial charge in [-0.2, -0.15) is 0 Å². The number of nitrogens with one attached hydrogen (secondary N) is 1. The number of anilines is 1. The van der Waals surface area contributed by atoms with Gasteiger partial charge in [-0.3, -0.25) is 14.6 Å². The van der Waals surface area contributed by atoms with Crippen LogP contribution in [-0.4, -0.2) is 20.9 Å². The van der Waals surface area contributed by atoms with Gasteiger partial charge in [0.15, 0.2) is 5.78 Å². The van der Waals surface area contributed by atoms with Crippen molar-refractivity contribution in [2.24, 2.45) is 0 Å². The van der Waals surface area contributed by atoms with Gasteiger partial charge in [0, 0.05) is 16.8 Å². The number of allylic oxidation sites excluding steroid dienone is 3. The summed E-state index contributed by atoms with van der Waals surface area (Å²) in [7, 11) is -4.66. The first-order chi connectivity index (χ1) is 11.0. The van der Waals surface area contributed by atoms with Crippen LogP contribution in [0, 0.1) is 0 Å². The summed E-state index contributed by atoms with van der Waals surface area (Å²) < 4.78 is 15.7. The number of hydrogen-bond acceptors (Lipinski definition) is 6. The van der Waals surface area contributed by atoms with Gasteiger partial charge in [-0.1, -0.05) is 25.4 Å². The van der Waals surface area contributed by atoms with Crippen molar-refractivity contribution in [2.45, 2.75) is 24.6 Å². The van der Waals surface area contributed by atoms with Crippen molar-refractivity contribution in [1.82, 2.24) is 12.3 Å². The molecule has 3 rings (SSSR count). The molecule has 1 heterocycles. The van der Waals surface area contributed by atoms with Gasteiger partial charge < -0.3 is 22.1 Å². The van der Waals surface area contributed by atoms with Crippen molar-refractivity contribution in [3.8, 4) is 5.75 Å². The van der Waals surface area contributed by atoms with E-state index in [1.165, 1.54) is 12.1 Å². The Bertz CT molecular complexity index is 863. The molecule has 0 amide bonds. The number of fused-ring (bicyclic) bond motifs is 1. The summed E-state index contributed by atoms with van der Waals surface area (Å²) >= 11 is 12.3. The molecule has 1 unspecified atom stereocenters. The third kappa shape index (κ3) is 3.82. The Hall–Kier alpha value is -1.38. The molecule has 0 spiro atoms. The third-order valence-electron chi connectivity index (χ3n) is 4.11. The first-order valence-electron chi connectivity index (χ1n) is 6.97. The molecular formula is C15H20Cl2N3O5P. The molecule has 26 heavy (non-hydrogen) atoms. The van der Waals surface area contributed by atoms with Crippen LogP contribution in [0.25, 0.3) is 0 Å². The predicted octanol–water partition coefficient (Wildman–Crippen LogP) is 3.75. The SMILES string of the molecule is CC1(C)C2=C(C=C(Cl)C(=O)C2Cl)Nc2ccc(OP(=O)(O)O)cc21.N.N. The highest BCUT2D eigenvalue weighted by atomic mass is 35.5. The van der Waals surface area contributed by atoms with Gasteiger partial charge >= 0.3 is 7.82 Å². The molecule has 0 fully saturated rings. The quantitative estimate of drug-likeness (QED) is 0.354. The number of phosphoric ester groups is 1.